The van der Waals surface area contributed by atoms with Gasteiger partial charge in [0.2, 0.25) is 0 Å². The molecule has 0 aliphatic carbocycles. The highest BCUT2D eigenvalue weighted by molar-refractivity contribution is 6.31. The van der Waals surface area contributed by atoms with Crippen molar-refractivity contribution in [3.8, 4) is 22.5 Å². The van der Waals surface area contributed by atoms with Gasteiger partial charge in [0.1, 0.15) is 11.2 Å². The highest BCUT2D eigenvalue weighted by Gasteiger charge is 2.22. The molecule has 0 bridgehead atoms. The highest BCUT2D eigenvalue weighted by Crippen LogP contribution is 2.44. The molecule has 11 rings (SSSR count). The van der Waals surface area contributed by atoms with E-state index in [0.717, 1.165) is 44.4 Å². The summed E-state index contributed by atoms with van der Waals surface area (Å²) < 4.78 is 11.3. The molecule has 3 aromatic heterocycles. The summed E-state index contributed by atoms with van der Waals surface area (Å²) in [6.07, 6.45) is 0. The maximum Gasteiger partial charge on any atom is 0.143 e. The van der Waals surface area contributed by atoms with Gasteiger partial charge in [-0.05, 0) is 59.5 Å². The smallest absolute Gasteiger partial charge is 0.143 e. The van der Waals surface area contributed by atoms with Crippen LogP contribution in [-0.4, -0.2) is 9.13 Å². The normalized spacial score (nSPS) is 12.1. The average molecular weight is 625 g/mol. The van der Waals surface area contributed by atoms with Crippen LogP contribution in [0.25, 0.3) is 98.8 Å². The van der Waals surface area contributed by atoms with Crippen LogP contribution in [0.2, 0.25) is 0 Å². The number of fused-ring (bicyclic) bond motifs is 12. The Bertz CT molecular complexity index is 3090. The lowest BCUT2D eigenvalue weighted by Crippen LogP contribution is -1.95. The zero-order valence-corrected chi connectivity index (χ0v) is 26.5. The lowest BCUT2D eigenvalue weighted by atomic mass is 10.0. The molecule has 11 aromatic rings. The first-order chi connectivity index (χ1) is 24.3. The van der Waals surface area contributed by atoms with Gasteiger partial charge < -0.3 is 13.6 Å². The summed E-state index contributed by atoms with van der Waals surface area (Å²) in [4.78, 5) is 0. The van der Waals surface area contributed by atoms with Crippen molar-refractivity contribution >= 4 is 76.3 Å². The van der Waals surface area contributed by atoms with Crippen molar-refractivity contribution in [2.24, 2.45) is 0 Å². The number of para-hydroxylation sites is 4. The molecule has 0 unspecified atom stereocenters. The number of hydrogen-bond donors (Lipinski definition) is 0. The number of furan rings is 1. The average Bonchev–Trinajstić information content (AvgIpc) is 3.83. The van der Waals surface area contributed by atoms with Gasteiger partial charge in [0, 0.05) is 54.6 Å². The minimum atomic E-state index is 0.916. The molecule has 49 heavy (non-hydrogen) atoms. The van der Waals surface area contributed by atoms with Gasteiger partial charge in [-0.25, -0.2) is 0 Å². The van der Waals surface area contributed by atoms with Gasteiger partial charge in [-0.1, -0.05) is 121 Å². The molecule has 228 valence electrons. The van der Waals surface area contributed by atoms with Gasteiger partial charge in [-0.3, -0.25) is 0 Å². The van der Waals surface area contributed by atoms with Crippen LogP contribution in [0.15, 0.2) is 174 Å². The van der Waals surface area contributed by atoms with Gasteiger partial charge >= 0.3 is 0 Å². The molecule has 0 radical (unpaired) electrons. The molecule has 3 heteroatoms. The van der Waals surface area contributed by atoms with Gasteiger partial charge in [0.15, 0.2) is 0 Å². The maximum atomic E-state index is 6.39. The minimum Gasteiger partial charge on any atom is -0.455 e. The Morgan fingerprint density at radius 1 is 0.367 bits per heavy atom. The first-order valence-electron chi connectivity index (χ1n) is 16.8. The Hall–Kier alpha value is -6.58. The van der Waals surface area contributed by atoms with E-state index in [4.69, 9.17) is 4.42 Å². The molecule has 0 saturated carbocycles. The van der Waals surface area contributed by atoms with E-state index >= 15 is 0 Å². The van der Waals surface area contributed by atoms with E-state index < -0.39 is 0 Å². The zero-order valence-electron chi connectivity index (χ0n) is 26.5. The molecule has 0 atom stereocenters. The summed E-state index contributed by atoms with van der Waals surface area (Å²) in [5.74, 6) is 0. The Morgan fingerprint density at radius 2 is 1.02 bits per heavy atom. The molecule has 0 saturated heterocycles. The summed E-state index contributed by atoms with van der Waals surface area (Å²) in [5.41, 5.74) is 11.2. The number of benzene rings is 8. The summed E-state index contributed by atoms with van der Waals surface area (Å²) in [6.45, 7) is 0. The van der Waals surface area contributed by atoms with Crippen molar-refractivity contribution in [3.05, 3.63) is 170 Å². The van der Waals surface area contributed by atoms with Crippen LogP contribution in [0.4, 0.5) is 0 Å². The zero-order chi connectivity index (χ0) is 32.1. The van der Waals surface area contributed by atoms with Crippen LogP contribution >= 0.6 is 0 Å². The molecule has 0 fully saturated rings. The number of nitrogens with zero attached hydrogens (tertiary/aromatic N) is 2. The van der Waals surface area contributed by atoms with E-state index in [9.17, 15) is 0 Å². The van der Waals surface area contributed by atoms with E-state index in [1.165, 1.54) is 54.4 Å². The monoisotopic (exact) mass is 624 g/mol. The molecule has 8 aromatic carbocycles. The van der Waals surface area contributed by atoms with Gasteiger partial charge in [-0.15, -0.1) is 0 Å². The van der Waals surface area contributed by atoms with Crippen molar-refractivity contribution in [2.45, 2.75) is 0 Å². The Balaban J connectivity index is 1.18. The van der Waals surface area contributed by atoms with Crippen LogP contribution in [0.5, 0.6) is 0 Å². The summed E-state index contributed by atoms with van der Waals surface area (Å²) in [6, 6.07) is 61.2. The third kappa shape index (κ3) is 3.67. The molecule has 0 aliphatic rings. The van der Waals surface area contributed by atoms with Gasteiger partial charge in [0.05, 0.1) is 22.1 Å². The van der Waals surface area contributed by atoms with Crippen molar-refractivity contribution in [1.29, 1.82) is 0 Å². The summed E-state index contributed by atoms with van der Waals surface area (Å²) in [5, 5.41) is 9.86. The maximum absolute atomic E-state index is 6.39. The highest BCUT2D eigenvalue weighted by atomic mass is 16.3. The van der Waals surface area contributed by atoms with E-state index in [-0.39, 0.29) is 0 Å². The Kier molecular flexibility index (Phi) is 5.38. The molecule has 0 aliphatic heterocycles. The first kappa shape index (κ1) is 26.5. The lowest BCUT2D eigenvalue weighted by Gasteiger charge is -2.11. The number of aromatic nitrogens is 2. The van der Waals surface area contributed by atoms with Crippen molar-refractivity contribution in [1.82, 2.24) is 9.13 Å². The van der Waals surface area contributed by atoms with Crippen LogP contribution in [0.3, 0.4) is 0 Å². The van der Waals surface area contributed by atoms with E-state index in [2.05, 4.69) is 167 Å². The van der Waals surface area contributed by atoms with Crippen LogP contribution < -0.4 is 0 Å². The molecule has 0 spiro atoms. The predicted molar refractivity (Wildman–Crippen MR) is 205 cm³/mol. The molecule has 0 N–H and O–H groups in total. The third-order valence-corrected chi connectivity index (χ3v) is 10.3. The third-order valence-electron chi connectivity index (χ3n) is 10.3. The van der Waals surface area contributed by atoms with Crippen molar-refractivity contribution in [3.63, 3.8) is 0 Å². The number of hydrogen-bond acceptors (Lipinski definition) is 1. The van der Waals surface area contributed by atoms with Crippen molar-refractivity contribution < 1.29 is 4.42 Å². The summed E-state index contributed by atoms with van der Waals surface area (Å²) in [7, 11) is 0. The fraction of sp³-hybridized carbons (Fsp3) is 0. The van der Waals surface area contributed by atoms with Crippen molar-refractivity contribution in [2.75, 3.05) is 0 Å². The molecular weight excluding hydrogens is 597 g/mol. The lowest BCUT2D eigenvalue weighted by molar-refractivity contribution is 0.670. The van der Waals surface area contributed by atoms with Crippen LogP contribution in [-0.2, 0) is 0 Å². The SMILES string of the molecule is c1ccc(-n2c3ccc4c(c5ccccc5n4-c4ccc(-c5cccc6c5oc5ccccc56)cc4)c3c3ccc4ccccc4c32)cc1. The quantitative estimate of drug-likeness (QED) is 0.192. The second kappa shape index (κ2) is 9.96. The largest absolute Gasteiger partial charge is 0.455 e. The standard InChI is InChI=1S/C46H28N2O/c1-2-12-31(13-3-1)48-41-28-27-40-43(44(41)38-26-23-29-11-4-5-14-33(29)45(38)48)37-16-6-8-19-39(37)47(40)32-24-21-30(22-25-32)34-17-10-18-36-35-15-7-9-20-42(35)49-46(34)36/h1-28H. The van der Waals surface area contributed by atoms with E-state index in [1.54, 1.807) is 0 Å². The van der Waals surface area contributed by atoms with E-state index in [1.807, 2.05) is 12.1 Å². The van der Waals surface area contributed by atoms with E-state index in [0.29, 0.717) is 0 Å². The first-order valence-corrected chi connectivity index (χ1v) is 16.8. The summed E-state index contributed by atoms with van der Waals surface area (Å²) >= 11 is 0. The molecule has 3 heterocycles. The van der Waals surface area contributed by atoms with Crippen LogP contribution in [0, 0.1) is 0 Å². The molecule has 3 nitrogen and oxygen atoms in total. The van der Waals surface area contributed by atoms with Gasteiger partial charge in [-0.2, -0.15) is 0 Å². The Morgan fingerprint density at radius 3 is 1.88 bits per heavy atom. The molecule has 0 amide bonds. The van der Waals surface area contributed by atoms with Gasteiger partial charge in [0.25, 0.3) is 0 Å². The van der Waals surface area contributed by atoms with Crippen LogP contribution in [0.1, 0.15) is 0 Å². The molecular formula is C46H28N2O. The topological polar surface area (TPSA) is 23.0 Å². The predicted octanol–water partition coefficient (Wildman–Crippen LogP) is 12.6. The number of rotatable bonds is 3. The second-order valence-electron chi connectivity index (χ2n) is 12.9. The Labute approximate surface area is 281 Å². The minimum absolute atomic E-state index is 0.916. The fourth-order valence-corrected chi connectivity index (χ4v) is 8.21. The fourth-order valence-electron chi connectivity index (χ4n) is 8.21. The second-order valence-corrected chi connectivity index (χ2v) is 12.9.